The smallest absolute Gasteiger partial charge is 0.274 e. The molecule has 6 heterocycles. The highest BCUT2D eigenvalue weighted by atomic mass is 16.5. The number of aliphatic hydroxyl groups is 1. The number of likely N-dealkylation sites (N-methyl/N-ethyl adjacent to an activating group) is 1. The lowest BCUT2D eigenvalue weighted by Gasteiger charge is -2.42. The largest absolute Gasteiger partial charge is 0.494 e. The van der Waals surface area contributed by atoms with Crippen molar-refractivity contribution in [3.63, 3.8) is 0 Å². The van der Waals surface area contributed by atoms with Crippen LogP contribution in [-0.2, 0) is 24.2 Å². The number of ether oxygens (including phenoxy) is 1. The molecule has 0 unspecified atom stereocenters. The summed E-state index contributed by atoms with van der Waals surface area (Å²) in [6.07, 6.45) is 6.31. The Kier molecular flexibility index (Phi) is 9.53. The Morgan fingerprint density at radius 3 is 2.39 bits per heavy atom. The number of anilines is 4. The number of amides is 2. The van der Waals surface area contributed by atoms with Crippen molar-refractivity contribution in [2.24, 2.45) is 0 Å². The average molecular weight is 732 g/mol. The lowest BCUT2D eigenvalue weighted by molar-refractivity contribution is -0.155. The SMILES string of the molecule is CCc1cccc(CC)c1N1CCn2cc(-c3nc(Nc4ccc(N5CCC(O)(C(=O)N6CCN(C)CC6)CC5)cc4OC)nc4[nH]ccc34)cc2C1=O. The van der Waals surface area contributed by atoms with E-state index in [0.717, 1.165) is 53.9 Å². The van der Waals surface area contributed by atoms with Crippen LogP contribution in [0.2, 0.25) is 0 Å². The lowest BCUT2D eigenvalue weighted by atomic mass is 9.89. The molecule has 3 aliphatic rings. The molecule has 8 rings (SSSR count). The number of rotatable bonds is 9. The summed E-state index contributed by atoms with van der Waals surface area (Å²) in [5, 5.41) is 15.6. The predicted molar refractivity (Wildman–Crippen MR) is 211 cm³/mol. The van der Waals surface area contributed by atoms with Crippen molar-refractivity contribution in [1.82, 2.24) is 29.3 Å². The number of aryl methyl sites for hydroxylation is 2. The molecule has 2 aromatic carbocycles. The van der Waals surface area contributed by atoms with Crippen molar-refractivity contribution in [3.8, 4) is 17.0 Å². The van der Waals surface area contributed by atoms with Crippen LogP contribution < -0.4 is 19.9 Å². The van der Waals surface area contributed by atoms with E-state index >= 15 is 0 Å². The van der Waals surface area contributed by atoms with Gasteiger partial charge in [0.15, 0.2) is 0 Å². The van der Waals surface area contributed by atoms with E-state index < -0.39 is 5.60 Å². The van der Waals surface area contributed by atoms with Crippen LogP contribution in [0.5, 0.6) is 5.75 Å². The summed E-state index contributed by atoms with van der Waals surface area (Å²) in [4.78, 5) is 48.5. The second-order valence-electron chi connectivity index (χ2n) is 14.7. The highest BCUT2D eigenvalue weighted by molar-refractivity contribution is 6.08. The number of nitrogens with one attached hydrogen (secondary N) is 2. The van der Waals surface area contributed by atoms with E-state index in [4.69, 9.17) is 14.7 Å². The summed E-state index contributed by atoms with van der Waals surface area (Å²) in [5.41, 5.74) is 6.58. The number of H-pyrrole nitrogens is 1. The first-order chi connectivity index (χ1) is 26.2. The number of methoxy groups -OCH3 is 1. The molecule has 2 fully saturated rings. The third kappa shape index (κ3) is 6.45. The lowest BCUT2D eigenvalue weighted by Crippen LogP contribution is -2.58. The van der Waals surface area contributed by atoms with E-state index in [2.05, 4.69) is 59.2 Å². The fraction of sp³-hybridized carbons (Fsp3) is 0.415. The van der Waals surface area contributed by atoms with Gasteiger partial charge in [0, 0.05) is 100 Å². The van der Waals surface area contributed by atoms with Crippen LogP contribution in [0.4, 0.5) is 23.0 Å². The van der Waals surface area contributed by atoms with Gasteiger partial charge in [-0.05, 0) is 55.3 Å². The molecule has 0 aliphatic carbocycles. The van der Waals surface area contributed by atoms with Crippen molar-refractivity contribution < 1.29 is 19.4 Å². The van der Waals surface area contributed by atoms with Crippen molar-refractivity contribution in [3.05, 3.63) is 77.7 Å². The summed E-state index contributed by atoms with van der Waals surface area (Å²) < 4.78 is 7.87. The molecule has 54 heavy (non-hydrogen) atoms. The fourth-order valence-electron chi connectivity index (χ4n) is 8.20. The summed E-state index contributed by atoms with van der Waals surface area (Å²) in [6.45, 7) is 9.59. The zero-order valence-electron chi connectivity index (χ0n) is 31.6. The van der Waals surface area contributed by atoms with Crippen molar-refractivity contribution in [2.45, 2.75) is 51.7 Å². The van der Waals surface area contributed by atoms with E-state index in [1.54, 1.807) is 7.11 Å². The van der Waals surface area contributed by atoms with Gasteiger partial charge in [-0.1, -0.05) is 32.0 Å². The maximum absolute atomic E-state index is 14.1. The zero-order chi connectivity index (χ0) is 37.6. The number of benzene rings is 2. The van der Waals surface area contributed by atoms with E-state index in [1.807, 2.05) is 57.1 Å². The molecule has 0 radical (unpaired) electrons. The monoisotopic (exact) mass is 731 g/mol. The Morgan fingerprint density at radius 1 is 0.944 bits per heavy atom. The van der Waals surface area contributed by atoms with Gasteiger partial charge in [0.05, 0.1) is 24.2 Å². The molecule has 3 N–H and O–H groups in total. The van der Waals surface area contributed by atoms with Gasteiger partial charge in [-0.15, -0.1) is 0 Å². The standard InChI is InChI=1S/C41H49N9O4/c1-5-27-8-7-9-28(6-2)36(27)50-23-22-49-26-29(24-33(49)38(50)51)35-31-12-15-42-37(31)45-40(44-35)43-32-11-10-30(25-34(32)54-4)47-16-13-41(53,14-17-47)39(52)48-20-18-46(3)19-21-48/h7-12,15,24-26,53H,5-6,13-14,16-23H2,1-4H3,(H2,42,43,44,45). The van der Waals surface area contributed by atoms with Gasteiger partial charge in [-0.25, -0.2) is 4.98 Å². The number of hydrogen-bond donors (Lipinski definition) is 3. The molecular formula is C41H49N9O4. The van der Waals surface area contributed by atoms with Crippen molar-refractivity contribution in [2.75, 3.05) is 75.1 Å². The number of fused-ring (bicyclic) bond motifs is 2. The average Bonchev–Trinajstić information content (AvgIpc) is 3.86. The van der Waals surface area contributed by atoms with Crippen LogP contribution in [0, 0.1) is 0 Å². The normalized spacial score (nSPS) is 17.6. The molecule has 3 aliphatic heterocycles. The first kappa shape index (κ1) is 35.6. The number of piperidine rings is 1. The minimum absolute atomic E-state index is 0.00865. The number of aromatic nitrogens is 4. The van der Waals surface area contributed by atoms with Gasteiger partial charge in [-0.2, -0.15) is 4.98 Å². The summed E-state index contributed by atoms with van der Waals surface area (Å²) in [5.74, 6) is 0.842. The molecule has 5 aromatic rings. The first-order valence-corrected chi connectivity index (χ1v) is 19.1. The summed E-state index contributed by atoms with van der Waals surface area (Å²) in [7, 11) is 3.68. The van der Waals surface area contributed by atoms with Gasteiger partial charge >= 0.3 is 0 Å². The highest BCUT2D eigenvalue weighted by Crippen LogP contribution is 2.37. The molecule has 13 nitrogen and oxygen atoms in total. The van der Waals surface area contributed by atoms with Gasteiger partial charge in [0.1, 0.15) is 22.7 Å². The van der Waals surface area contributed by atoms with Crippen LogP contribution in [-0.4, -0.2) is 112 Å². The van der Waals surface area contributed by atoms with E-state index in [1.165, 1.54) is 11.1 Å². The van der Waals surface area contributed by atoms with E-state index in [0.29, 0.717) is 80.8 Å². The zero-order valence-corrected chi connectivity index (χ0v) is 31.6. The van der Waals surface area contributed by atoms with Crippen molar-refractivity contribution >= 4 is 45.9 Å². The maximum atomic E-state index is 14.1. The van der Waals surface area contributed by atoms with Crippen LogP contribution in [0.15, 0.2) is 60.9 Å². The highest BCUT2D eigenvalue weighted by Gasteiger charge is 2.42. The predicted octanol–water partition coefficient (Wildman–Crippen LogP) is 5.07. The topological polar surface area (TPSA) is 135 Å². The molecule has 3 aromatic heterocycles. The maximum Gasteiger partial charge on any atom is 0.274 e. The quantitative estimate of drug-likeness (QED) is 0.190. The molecule has 2 amide bonds. The second kappa shape index (κ2) is 14.4. The van der Waals surface area contributed by atoms with Crippen LogP contribution >= 0.6 is 0 Å². The number of hydrogen-bond acceptors (Lipinski definition) is 9. The minimum Gasteiger partial charge on any atom is -0.494 e. The first-order valence-electron chi connectivity index (χ1n) is 19.1. The van der Waals surface area contributed by atoms with Gasteiger partial charge < -0.3 is 44.3 Å². The molecule has 13 heteroatoms. The van der Waals surface area contributed by atoms with Gasteiger partial charge in [-0.3, -0.25) is 9.59 Å². The Morgan fingerprint density at radius 2 is 1.69 bits per heavy atom. The Labute approximate surface area is 315 Å². The van der Waals surface area contributed by atoms with Crippen molar-refractivity contribution in [1.29, 1.82) is 0 Å². The summed E-state index contributed by atoms with van der Waals surface area (Å²) >= 11 is 0. The molecule has 0 bridgehead atoms. The Balaban J connectivity index is 1.02. The van der Waals surface area contributed by atoms with E-state index in [9.17, 15) is 14.7 Å². The van der Waals surface area contributed by atoms with Gasteiger partial charge in [0.25, 0.3) is 11.8 Å². The molecule has 0 spiro atoms. The van der Waals surface area contributed by atoms with Gasteiger partial charge in [0.2, 0.25) is 5.95 Å². The molecule has 282 valence electrons. The fourth-order valence-corrected chi connectivity index (χ4v) is 8.20. The molecule has 0 saturated carbocycles. The summed E-state index contributed by atoms with van der Waals surface area (Å²) in [6, 6.07) is 16.1. The second-order valence-corrected chi connectivity index (χ2v) is 14.7. The third-order valence-electron chi connectivity index (χ3n) is 11.4. The number of nitrogens with zero attached hydrogens (tertiary/aromatic N) is 7. The number of carbonyl (C=O) groups is 2. The number of para-hydroxylation sites is 1. The third-order valence-corrected chi connectivity index (χ3v) is 11.4. The number of piperazine rings is 1. The van der Waals surface area contributed by atoms with Crippen LogP contribution in [0.25, 0.3) is 22.3 Å². The molecule has 0 atom stereocenters. The number of carbonyl (C=O) groups excluding carboxylic acids is 2. The Hall–Kier alpha value is -5.40. The number of aromatic amines is 1. The molecule has 2 saturated heterocycles. The van der Waals surface area contributed by atoms with Crippen LogP contribution in [0.1, 0.15) is 48.3 Å². The van der Waals surface area contributed by atoms with Crippen LogP contribution in [0.3, 0.4) is 0 Å². The Bertz CT molecular complexity index is 2170. The van der Waals surface area contributed by atoms with E-state index in [-0.39, 0.29) is 11.8 Å². The minimum atomic E-state index is -1.34. The molecular weight excluding hydrogens is 683 g/mol.